The Balaban J connectivity index is 1.83. The third-order valence-corrected chi connectivity index (χ3v) is 4.95. The first kappa shape index (κ1) is 11.7. The standard InChI is InChI=1S/C12H22N4S/c1-12-7-15-3-4-16(8-12)6-9(5-15)10(12)14-11(17)13-2/h9-10H,3-8H2,1-2H3,(H2,13,14,17). The van der Waals surface area contributed by atoms with Gasteiger partial charge in [-0.15, -0.1) is 0 Å². The van der Waals surface area contributed by atoms with Crippen LogP contribution in [0, 0.1) is 11.3 Å². The van der Waals surface area contributed by atoms with Crippen LogP contribution in [0.2, 0.25) is 0 Å². The molecule has 4 rings (SSSR count). The van der Waals surface area contributed by atoms with Crippen molar-refractivity contribution < 1.29 is 0 Å². The molecule has 3 unspecified atom stereocenters. The van der Waals surface area contributed by atoms with Gasteiger partial charge in [-0.05, 0) is 12.2 Å². The fourth-order valence-electron chi connectivity index (χ4n) is 4.03. The molecule has 4 bridgehead atoms. The molecule has 0 aromatic rings. The molecule has 0 amide bonds. The lowest BCUT2D eigenvalue weighted by atomic mass is 9.69. The average Bonchev–Trinajstić information content (AvgIpc) is 2.51. The molecule has 4 fully saturated rings. The molecule has 2 N–H and O–H groups in total. The number of piperidine rings is 2. The van der Waals surface area contributed by atoms with Crippen LogP contribution in [-0.4, -0.2) is 67.3 Å². The summed E-state index contributed by atoms with van der Waals surface area (Å²) in [6, 6.07) is 0.535. The Morgan fingerprint density at radius 1 is 1.24 bits per heavy atom. The number of nitrogens with one attached hydrogen (secondary N) is 2. The monoisotopic (exact) mass is 254 g/mol. The topological polar surface area (TPSA) is 30.5 Å². The van der Waals surface area contributed by atoms with Gasteiger partial charge in [0.05, 0.1) is 0 Å². The number of nitrogens with zero attached hydrogens (tertiary/aromatic N) is 2. The van der Waals surface area contributed by atoms with Crippen molar-refractivity contribution in [1.29, 1.82) is 0 Å². The summed E-state index contributed by atoms with van der Waals surface area (Å²) in [6.07, 6.45) is 0. The summed E-state index contributed by atoms with van der Waals surface area (Å²) in [4.78, 5) is 5.27. The van der Waals surface area contributed by atoms with Gasteiger partial charge in [-0.2, -0.15) is 0 Å². The molecule has 5 heteroatoms. The average molecular weight is 254 g/mol. The van der Waals surface area contributed by atoms with E-state index < -0.39 is 0 Å². The number of rotatable bonds is 1. The molecule has 0 aromatic carbocycles. The summed E-state index contributed by atoms with van der Waals surface area (Å²) >= 11 is 5.29. The van der Waals surface area contributed by atoms with Crippen LogP contribution < -0.4 is 10.6 Å². The van der Waals surface area contributed by atoms with Crippen molar-refractivity contribution in [2.75, 3.05) is 46.3 Å². The Kier molecular flexibility index (Phi) is 2.80. The Hall–Kier alpha value is -0.390. The van der Waals surface area contributed by atoms with E-state index in [-0.39, 0.29) is 0 Å². The fraction of sp³-hybridized carbons (Fsp3) is 0.917. The molecule has 4 heterocycles. The maximum Gasteiger partial charge on any atom is 0.166 e. The van der Waals surface area contributed by atoms with E-state index in [0.29, 0.717) is 11.5 Å². The van der Waals surface area contributed by atoms with Gasteiger partial charge >= 0.3 is 0 Å². The molecule has 0 aromatic heterocycles. The van der Waals surface area contributed by atoms with E-state index in [2.05, 4.69) is 27.4 Å². The lowest BCUT2D eigenvalue weighted by Crippen LogP contribution is -2.68. The van der Waals surface area contributed by atoms with Crippen LogP contribution in [0.25, 0.3) is 0 Å². The van der Waals surface area contributed by atoms with Gasteiger partial charge in [0.15, 0.2) is 5.11 Å². The van der Waals surface area contributed by atoms with E-state index in [9.17, 15) is 0 Å². The molecule has 4 aliphatic heterocycles. The second-order valence-corrected chi connectivity index (χ2v) is 6.49. The normalized spacial score (nSPS) is 47.6. The molecule has 4 aliphatic rings. The Labute approximate surface area is 109 Å². The summed E-state index contributed by atoms with van der Waals surface area (Å²) in [5.74, 6) is 0.719. The number of fused-ring (bicyclic) bond motifs is 1. The smallest absolute Gasteiger partial charge is 0.166 e. The number of hydrogen-bond acceptors (Lipinski definition) is 3. The molecule has 0 radical (unpaired) electrons. The van der Waals surface area contributed by atoms with Gasteiger partial charge in [-0.1, -0.05) is 6.92 Å². The zero-order valence-electron chi connectivity index (χ0n) is 10.7. The third-order valence-electron chi connectivity index (χ3n) is 4.62. The predicted molar refractivity (Wildman–Crippen MR) is 73.1 cm³/mol. The highest BCUT2D eigenvalue weighted by Gasteiger charge is 2.51. The lowest BCUT2D eigenvalue weighted by molar-refractivity contribution is -0.0124. The van der Waals surface area contributed by atoms with E-state index in [4.69, 9.17) is 12.2 Å². The molecule has 17 heavy (non-hydrogen) atoms. The van der Waals surface area contributed by atoms with Crippen molar-refractivity contribution in [2.45, 2.75) is 13.0 Å². The van der Waals surface area contributed by atoms with Crippen LogP contribution in [-0.2, 0) is 0 Å². The van der Waals surface area contributed by atoms with Crippen molar-refractivity contribution in [3.8, 4) is 0 Å². The van der Waals surface area contributed by atoms with Crippen LogP contribution in [0.5, 0.6) is 0 Å². The number of hydrogen-bond donors (Lipinski definition) is 2. The lowest BCUT2D eigenvalue weighted by Gasteiger charge is -2.54. The Bertz CT molecular complexity index is 316. The zero-order chi connectivity index (χ0) is 12.0. The summed E-state index contributed by atoms with van der Waals surface area (Å²) < 4.78 is 0. The van der Waals surface area contributed by atoms with E-state index >= 15 is 0 Å². The highest BCUT2D eigenvalue weighted by molar-refractivity contribution is 7.80. The van der Waals surface area contributed by atoms with E-state index in [0.717, 1.165) is 11.0 Å². The highest BCUT2D eigenvalue weighted by Crippen LogP contribution is 2.40. The summed E-state index contributed by atoms with van der Waals surface area (Å²) in [5.41, 5.74) is 0.346. The van der Waals surface area contributed by atoms with Gasteiger partial charge in [0.25, 0.3) is 0 Å². The number of thiocarbonyl (C=S) groups is 1. The van der Waals surface area contributed by atoms with E-state index in [1.165, 1.54) is 39.3 Å². The van der Waals surface area contributed by atoms with Crippen LogP contribution >= 0.6 is 12.2 Å². The van der Waals surface area contributed by atoms with Crippen LogP contribution in [0.1, 0.15) is 6.92 Å². The van der Waals surface area contributed by atoms with Crippen LogP contribution in [0.15, 0.2) is 0 Å². The second-order valence-electron chi connectivity index (χ2n) is 6.09. The predicted octanol–water partition coefficient (Wildman–Crippen LogP) is -0.284. The second kappa shape index (κ2) is 4.07. The van der Waals surface area contributed by atoms with Crippen LogP contribution in [0.3, 0.4) is 0 Å². The van der Waals surface area contributed by atoms with E-state index in [1.807, 2.05) is 7.05 Å². The molecule has 4 nitrogen and oxygen atoms in total. The molecule has 4 saturated heterocycles. The van der Waals surface area contributed by atoms with Gasteiger partial charge in [-0.3, -0.25) is 0 Å². The van der Waals surface area contributed by atoms with Gasteiger partial charge in [0, 0.05) is 63.7 Å². The molecule has 96 valence electrons. The molecule has 3 atom stereocenters. The Morgan fingerprint density at radius 2 is 1.82 bits per heavy atom. The third kappa shape index (κ3) is 1.94. The molecular formula is C12H22N4S. The van der Waals surface area contributed by atoms with Crippen molar-refractivity contribution in [1.82, 2.24) is 20.4 Å². The maximum absolute atomic E-state index is 5.29. The Morgan fingerprint density at radius 3 is 2.29 bits per heavy atom. The summed E-state index contributed by atoms with van der Waals surface area (Å²) in [5, 5.41) is 7.40. The van der Waals surface area contributed by atoms with Gasteiger partial charge in [0.2, 0.25) is 0 Å². The summed E-state index contributed by atoms with van der Waals surface area (Å²) in [7, 11) is 1.90. The largest absolute Gasteiger partial charge is 0.366 e. The SMILES string of the molecule is CNC(=S)NC1C2CN3CCN(C2)CC1(C)C3. The van der Waals surface area contributed by atoms with Crippen molar-refractivity contribution in [3.63, 3.8) is 0 Å². The molecular weight excluding hydrogens is 232 g/mol. The summed E-state index contributed by atoms with van der Waals surface area (Å²) in [6.45, 7) is 9.80. The highest BCUT2D eigenvalue weighted by atomic mass is 32.1. The van der Waals surface area contributed by atoms with Crippen LogP contribution in [0.4, 0.5) is 0 Å². The first-order chi connectivity index (χ1) is 8.10. The molecule has 0 aliphatic carbocycles. The van der Waals surface area contributed by atoms with Crippen molar-refractivity contribution >= 4 is 17.3 Å². The first-order valence-electron chi connectivity index (χ1n) is 6.54. The minimum absolute atomic E-state index is 0.346. The van der Waals surface area contributed by atoms with Gasteiger partial charge < -0.3 is 20.4 Å². The van der Waals surface area contributed by atoms with Gasteiger partial charge in [0.1, 0.15) is 0 Å². The molecule has 0 spiro atoms. The first-order valence-corrected chi connectivity index (χ1v) is 6.94. The van der Waals surface area contributed by atoms with Crippen molar-refractivity contribution in [2.24, 2.45) is 11.3 Å². The zero-order valence-corrected chi connectivity index (χ0v) is 11.5. The van der Waals surface area contributed by atoms with Gasteiger partial charge in [-0.25, -0.2) is 0 Å². The molecule has 0 saturated carbocycles. The minimum atomic E-state index is 0.346. The van der Waals surface area contributed by atoms with E-state index in [1.54, 1.807) is 0 Å². The fourth-order valence-corrected chi connectivity index (χ4v) is 4.15. The van der Waals surface area contributed by atoms with Crippen molar-refractivity contribution in [3.05, 3.63) is 0 Å². The quantitative estimate of drug-likeness (QED) is 0.628. The minimum Gasteiger partial charge on any atom is -0.366 e. The maximum atomic E-state index is 5.29.